The lowest BCUT2D eigenvalue weighted by molar-refractivity contribution is 0.0969. The first-order chi connectivity index (χ1) is 13.5. The number of aliphatic hydroxyl groups is 1. The summed E-state index contributed by atoms with van der Waals surface area (Å²) in [5.41, 5.74) is 2.26. The molecule has 0 bridgehead atoms. The van der Waals surface area contributed by atoms with Crippen molar-refractivity contribution in [1.29, 1.82) is 0 Å². The van der Waals surface area contributed by atoms with E-state index in [1.54, 1.807) is 0 Å². The van der Waals surface area contributed by atoms with Crippen LogP contribution in [0.1, 0.15) is 26.3 Å². The van der Waals surface area contributed by atoms with E-state index in [1.807, 2.05) is 37.3 Å². The molecule has 6 heteroatoms. The summed E-state index contributed by atoms with van der Waals surface area (Å²) in [6.07, 6.45) is 2.31. The van der Waals surface area contributed by atoms with Crippen LogP contribution in [0.4, 0.5) is 0 Å². The van der Waals surface area contributed by atoms with Crippen molar-refractivity contribution in [3.8, 4) is 11.5 Å². The van der Waals surface area contributed by atoms with Gasteiger partial charge in [-0.05, 0) is 51.0 Å². The van der Waals surface area contributed by atoms with Gasteiger partial charge < -0.3 is 24.9 Å². The van der Waals surface area contributed by atoms with Gasteiger partial charge in [-0.3, -0.25) is 0 Å². The lowest BCUT2D eigenvalue weighted by Gasteiger charge is -2.28. The van der Waals surface area contributed by atoms with E-state index in [4.69, 9.17) is 9.47 Å². The van der Waals surface area contributed by atoms with Crippen molar-refractivity contribution >= 4 is 23.3 Å². The number of aromatic amines is 1. The zero-order chi connectivity index (χ0) is 20.0. The maximum atomic E-state index is 10.4. The van der Waals surface area contributed by atoms with Crippen LogP contribution in [0.3, 0.4) is 0 Å². The second-order valence-electron chi connectivity index (χ2n) is 7.65. The van der Waals surface area contributed by atoms with E-state index in [0.29, 0.717) is 24.7 Å². The molecule has 0 spiro atoms. The Balaban J connectivity index is 0.00000300. The van der Waals surface area contributed by atoms with Gasteiger partial charge in [0.15, 0.2) is 11.5 Å². The van der Waals surface area contributed by atoms with Crippen molar-refractivity contribution in [1.82, 2.24) is 10.3 Å². The predicted molar refractivity (Wildman–Crippen MR) is 120 cm³/mol. The van der Waals surface area contributed by atoms with Crippen LogP contribution in [0.25, 0.3) is 10.9 Å². The second-order valence-corrected chi connectivity index (χ2v) is 7.65. The van der Waals surface area contributed by atoms with Gasteiger partial charge in [0.2, 0.25) is 0 Å². The highest BCUT2D eigenvalue weighted by atomic mass is 35.5. The molecule has 0 aliphatic heterocycles. The number of nitrogens with one attached hydrogen (secondary N) is 2. The van der Waals surface area contributed by atoms with Crippen LogP contribution in [0.5, 0.6) is 11.5 Å². The Bertz CT molecular complexity index is 894. The number of para-hydroxylation sites is 3. The molecule has 158 valence electrons. The summed E-state index contributed by atoms with van der Waals surface area (Å²) in [4.78, 5) is 3.32. The highest BCUT2D eigenvalue weighted by Crippen LogP contribution is 2.26. The minimum atomic E-state index is -0.614. The quantitative estimate of drug-likeness (QED) is 0.458. The van der Waals surface area contributed by atoms with E-state index < -0.39 is 6.10 Å². The molecule has 0 aliphatic rings. The maximum Gasteiger partial charge on any atom is 0.161 e. The average molecular weight is 419 g/mol. The number of halogens is 1. The SMILES string of the molecule is CCOc1ccccc1OCC(O)CNC(C)(C)Cc1c[nH]c2ccccc12.Cl. The fourth-order valence-electron chi connectivity index (χ4n) is 3.30. The predicted octanol–water partition coefficient (Wildman–Crippen LogP) is 4.34. The van der Waals surface area contributed by atoms with Gasteiger partial charge >= 0.3 is 0 Å². The summed E-state index contributed by atoms with van der Waals surface area (Å²) < 4.78 is 11.3. The Hall–Kier alpha value is -2.21. The molecule has 0 saturated carbocycles. The van der Waals surface area contributed by atoms with Crippen LogP contribution in [0, 0.1) is 0 Å². The highest BCUT2D eigenvalue weighted by molar-refractivity contribution is 5.85. The Morgan fingerprint density at radius 1 is 1.03 bits per heavy atom. The topological polar surface area (TPSA) is 66.5 Å². The zero-order valence-electron chi connectivity index (χ0n) is 17.3. The first-order valence-corrected chi connectivity index (χ1v) is 9.81. The molecule has 1 unspecified atom stereocenters. The smallest absolute Gasteiger partial charge is 0.161 e. The number of aliphatic hydroxyl groups excluding tert-OH is 1. The van der Waals surface area contributed by atoms with Crippen LogP contribution in [0.15, 0.2) is 54.7 Å². The molecule has 1 aromatic heterocycles. The largest absolute Gasteiger partial charge is 0.490 e. The van der Waals surface area contributed by atoms with Crippen molar-refractivity contribution in [2.24, 2.45) is 0 Å². The molecular weight excluding hydrogens is 388 g/mol. The van der Waals surface area contributed by atoms with Crippen LogP contribution in [0.2, 0.25) is 0 Å². The molecule has 0 saturated heterocycles. The van der Waals surface area contributed by atoms with Gasteiger partial charge in [0.1, 0.15) is 12.7 Å². The van der Waals surface area contributed by atoms with Crippen molar-refractivity contribution in [2.75, 3.05) is 19.8 Å². The summed E-state index contributed by atoms with van der Waals surface area (Å²) >= 11 is 0. The lowest BCUT2D eigenvalue weighted by atomic mass is 9.94. The minimum absolute atomic E-state index is 0. The van der Waals surface area contributed by atoms with Crippen molar-refractivity contribution in [2.45, 2.75) is 38.8 Å². The molecule has 1 heterocycles. The van der Waals surface area contributed by atoms with Gasteiger partial charge in [-0.25, -0.2) is 0 Å². The number of fused-ring (bicyclic) bond motifs is 1. The molecule has 0 aliphatic carbocycles. The number of ether oxygens (including phenoxy) is 2. The summed E-state index contributed by atoms with van der Waals surface area (Å²) in [7, 11) is 0. The summed E-state index contributed by atoms with van der Waals surface area (Å²) in [5.74, 6) is 1.35. The zero-order valence-corrected chi connectivity index (χ0v) is 18.1. The molecule has 2 aromatic carbocycles. The molecule has 3 N–H and O–H groups in total. The van der Waals surface area contributed by atoms with Gasteiger partial charge in [-0.1, -0.05) is 30.3 Å². The van der Waals surface area contributed by atoms with Crippen molar-refractivity contribution in [3.63, 3.8) is 0 Å². The number of H-pyrrole nitrogens is 1. The first kappa shape index (κ1) is 23.1. The van der Waals surface area contributed by atoms with E-state index in [-0.39, 0.29) is 24.6 Å². The maximum absolute atomic E-state index is 10.4. The molecule has 5 nitrogen and oxygen atoms in total. The van der Waals surface area contributed by atoms with Crippen LogP contribution >= 0.6 is 12.4 Å². The third-order valence-electron chi connectivity index (χ3n) is 4.70. The fourth-order valence-corrected chi connectivity index (χ4v) is 3.30. The van der Waals surface area contributed by atoms with Gasteiger partial charge in [0.25, 0.3) is 0 Å². The number of hydrogen-bond donors (Lipinski definition) is 3. The molecule has 3 rings (SSSR count). The van der Waals surface area contributed by atoms with Crippen molar-refractivity contribution < 1.29 is 14.6 Å². The number of β-amino-alcohol motifs (C(OH)–C–C–N with tert-alkyl or cyclic N) is 1. The summed E-state index contributed by atoms with van der Waals surface area (Å²) in [6, 6.07) is 15.8. The van der Waals surface area contributed by atoms with E-state index in [9.17, 15) is 5.11 Å². The van der Waals surface area contributed by atoms with E-state index >= 15 is 0 Å². The number of rotatable bonds is 10. The number of benzene rings is 2. The first-order valence-electron chi connectivity index (χ1n) is 9.81. The average Bonchev–Trinajstić information content (AvgIpc) is 3.08. The Kier molecular flexibility index (Phi) is 8.38. The van der Waals surface area contributed by atoms with Crippen LogP contribution in [-0.4, -0.2) is 41.5 Å². The highest BCUT2D eigenvalue weighted by Gasteiger charge is 2.21. The molecule has 1 atom stereocenters. The fraction of sp³-hybridized carbons (Fsp3) is 0.391. The Labute approximate surface area is 178 Å². The molecular formula is C23H31ClN2O3. The van der Waals surface area contributed by atoms with E-state index in [1.165, 1.54) is 10.9 Å². The minimum Gasteiger partial charge on any atom is -0.490 e. The van der Waals surface area contributed by atoms with E-state index in [2.05, 4.69) is 48.5 Å². The summed E-state index contributed by atoms with van der Waals surface area (Å²) in [6.45, 7) is 7.46. The third kappa shape index (κ3) is 6.39. The molecule has 0 fully saturated rings. The monoisotopic (exact) mass is 418 g/mol. The lowest BCUT2D eigenvalue weighted by Crippen LogP contribution is -2.46. The van der Waals surface area contributed by atoms with Crippen LogP contribution in [-0.2, 0) is 6.42 Å². The molecule has 29 heavy (non-hydrogen) atoms. The third-order valence-corrected chi connectivity index (χ3v) is 4.70. The number of aromatic nitrogens is 1. The van der Waals surface area contributed by atoms with Gasteiger partial charge in [0, 0.05) is 29.2 Å². The van der Waals surface area contributed by atoms with Gasteiger partial charge in [0.05, 0.1) is 6.61 Å². The van der Waals surface area contributed by atoms with Gasteiger partial charge in [-0.15, -0.1) is 12.4 Å². The Morgan fingerprint density at radius 3 is 2.41 bits per heavy atom. The van der Waals surface area contributed by atoms with Crippen molar-refractivity contribution in [3.05, 3.63) is 60.3 Å². The van der Waals surface area contributed by atoms with E-state index in [0.717, 1.165) is 11.9 Å². The Morgan fingerprint density at radius 2 is 1.69 bits per heavy atom. The summed E-state index contributed by atoms with van der Waals surface area (Å²) in [5, 5.41) is 15.1. The number of hydrogen-bond acceptors (Lipinski definition) is 4. The van der Waals surface area contributed by atoms with Gasteiger partial charge in [-0.2, -0.15) is 0 Å². The molecule has 3 aromatic rings. The standard InChI is InChI=1S/C23H30N2O3.ClH/c1-4-27-21-11-7-8-12-22(21)28-16-18(26)15-25-23(2,3)13-17-14-24-20-10-6-5-9-19(17)20;/h5-12,14,18,24-26H,4,13,15-16H2,1-3H3;1H. The normalized spacial score (nSPS) is 12.4. The molecule has 0 amide bonds. The van der Waals surface area contributed by atoms with Crippen LogP contribution < -0.4 is 14.8 Å². The molecule has 0 radical (unpaired) electrons. The second kappa shape index (κ2) is 10.5.